The Labute approximate surface area is 136 Å². The third kappa shape index (κ3) is 3.77. The zero-order valence-electron chi connectivity index (χ0n) is 14.3. The van der Waals surface area contributed by atoms with Crippen molar-refractivity contribution in [3.63, 3.8) is 0 Å². The van der Waals surface area contributed by atoms with E-state index >= 15 is 0 Å². The van der Waals surface area contributed by atoms with Gasteiger partial charge in [-0.3, -0.25) is 4.79 Å². The number of benzene rings is 1. The second kappa shape index (κ2) is 6.50. The molecule has 4 nitrogen and oxygen atoms in total. The third-order valence-corrected chi connectivity index (χ3v) is 4.05. The van der Waals surface area contributed by atoms with Gasteiger partial charge in [-0.05, 0) is 51.0 Å². The molecule has 1 aromatic carbocycles. The second-order valence-electron chi connectivity index (χ2n) is 6.38. The lowest BCUT2D eigenvalue weighted by molar-refractivity contribution is -0.144. The molecule has 0 aliphatic carbocycles. The topological polar surface area (TPSA) is 59.4 Å². The van der Waals surface area contributed by atoms with Crippen LogP contribution in [0.1, 0.15) is 43.7 Å². The summed E-state index contributed by atoms with van der Waals surface area (Å²) in [6, 6.07) is 8.04. The number of hydrogen-bond acceptors (Lipinski definition) is 3. The molecule has 0 saturated heterocycles. The van der Waals surface area contributed by atoms with Crippen molar-refractivity contribution in [2.24, 2.45) is 5.41 Å². The van der Waals surface area contributed by atoms with Gasteiger partial charge in [-0.2, -0.15) is 0 Å². The van der Waals surface area contributed by atoms with Crippen LogP contribution in [0, 0.1) is 12.3 Å². The van der Waals surface area contributed by atoms with Gasteiger partial charge >= 0.3 is 5.97 Å². The van der Waals surface area contributed by atoms with E-state index in [2.05, 4.69) is 6.07 Å². The number of carboxylic acids is 1. The number of ether oxygens (including phenoxy) is 1. The van der Waals surface area contributed by atoms with Gasteiger partial charge in [0, 0.05) is 12.5 Å². The average molecular weight is 313 g/mol. The van der Waals surface area contributed by atoms with E-state index in [0.717, 1.165) is 27.7 Å². The van der Waals surface area contributed by atoms with Crippen LogP contribution in [0.3, 0.4) is 0 Å². The molecule has 0 bridgehead atoms. The number of aliphatic carboxylic acids is 1. The van der Waals surface area contributed by atoms with Crippen LogP contribution in [0.4, 0.5) is 0 Å². The van der Waals surface area contributed by atoms with Gasteiger partial charge in [-0.25, -0.2) is 4.98 Å². The van der Waals surface area contributed by atoms with Crippen molar-refractivity contribution in [1.82, 2.24) is 4.98 Å². The summed E-state index contributed by atoms with van der Waals surface area (Å²) < 4.78 is 5.37. The van der Waals surface area contributed by atoms with Crippen LogP contribution in [0.5, 0.6) is 0 Å². The van der Waals surface area contributed by atoms with Crippen molar-refractivity contribution < 1.29 is 14.6 Å². The van der Waals surface area contributed by atoms with Gasteiger partial charge < -0.3 is 9.84 Å². The molecule has 0 radical (unpaired) electrons. The minimum Gasteiger partial charge on any atom is -0.481 e. The molecular formula is C19H23NO3. The summed E-state index contributed by atoms with van der Waals surface area (Å²) in [5, 5.41) is 10.2. The van der Waals surface area contributed by atoms with Crippen LogP contribution < -0.4 is 0 Å². The summed E-state index contributed by atoms with van der Waals surface area (Å²) in [4.78, 5) is 15.9. The fourth-order valence-electron chi connectivity index (χ4n) is 2.31. The van der Waals surface area contributed by atoms with Crippen molar-refractivity contribution in [2.45, 2.75) is 33.8 Å². The van der Waals surface area contributed by atoms with E-state index in [1.54, 1.807) is 27.0 Å². The van der Waals surface area contributed by atoms with Crippen LogP contribution in [0.15, 0.2) is 30.3 Å². The highest BCUT2D eigenvalue weighted by Crippen LogP contribution is 2.25. The van der Waals surface area contributed by atoms with E-state index in [4.69, 9.17) is 14.8 Å². The summed E-state index contributed by atoms with van der Waals surface area (Å²) in [6.07, 6.45) is 3.46. The molecule has 0 spiro atoms. The standard InChI is InChI=1S/C19H23NO3/c1-12-10-15-7-6-14(8-9-19(3,4)18(21)22)11-16(15)20-17(12)13(2)23-5/h6-11,13H,1-5H3,(H,21,22). The molecule has 2 aromatic rings. The predicted octanol–water partition coefficient (Wildman–Crippen LogP) is 4.37. The number of nitrogens with zero attached hydrogens (tertiary/aromatic N) is 1. The normalized spacial score (nSPS) is 13.6. The van der Waals surface area contributed by atoms with Gasteiger partial charge in [0.25, 0.3) is 0 Å². The lowest BCUT2D eigenvalue weighted by Crippen LogP contribution is -2.20. The Morgan fingerprint density at radius 1 is 1.35 bits per heavy atom. The zero-order valence-corrected chi connectivity index (χ0v) is 14.3. The number of pyridine rings is 1. The van der Waals surface area contributed by atoms with E-state index in [-0.39, 0.29) is 6.10 Å². The lowest BCUT2D eigenvalue weighted by Gasteiger charge is -2.14. The highest BCUT2D eigenvalue weighted by molar-refractivity contribution is 5.83. The highest BCUT2D eigenvalue weighted by atomic mass is 16.5. The quantitative estimate of drug-likeness (QED) is 0.890. The largest absolute Gasteiger partial charge is 0.481 e. The Hall–Kier alpha value is -2.20. The average Bonchev–Trinajstić information content (AvgIpc) is 2.51. The molecule has 122 valence electrons. The molecule has 0 aliphatic rings. The first-order valence-electron chi connectivity index (χ1n) is 7.61. The molecule has 0 fully saturated rings. The van der Waals surface area contributed by atoms with Gasteiger partial charge in [0.2, 0.25) is 0 Å². The summed E-state index contributed by atoms with van der Waals surface area (Å²) >= 11 is 0. The SMILES string of the molecule is COC(C)c1nc2cc(C=CC(C)(C)C(=O)O)ccc2cc1C. The van der Waals surface area contributed by atoms with Gasteiger partial charge in [-0.1, -0.05) is 24.3 Å². The minimum atomic E-state index is -0.897. The molecule has 2 rings (SSSR count). The Bertz CT molecular complexity index is 763. The maximum Gasteiger partial charge on any atom is 0.312 e. The Balaban J connectivity index is 2.43. The van der Waals surface area contributed by atoms with Crippen LogP contribution in [0.25, 0.3) is 17.0 Å². The second-order valence-corrected chi connectivity index (χ2v) is 6.38. The number of aromatic nitrogens is 1. The Morgan fingerprint density at radius 2 is 2.04 bits per heavy atom. The molecule has 1 unspecified atom stereocenters. The predicted molar refractivity (Wildman–Crippen MR) is 92.4 cm³/mol. The van der Waals surface area contributed by atoms with Crippen molar-refractivity contribution in [3.05, 3.63) is 47.2 Å². The Morgan fingerprint density at radius 3 is 2.65 bits per heavy atom. The van der Waals surface area contributed by atoms with Crippen LogP contribution in [-0.4, -0.2) is 23.2 Å². The van der Waals surface area contributed by atoms with Gasteiger partial charge in [-0.15, -0.1) is 0 Å². The van der Waals surface area contributed by atoms with Gasteiger partial charge in [0.15, 0.2) is 0 Å². The molecule has 1 N–H and O–H groups in total. The first-order valence-corrected chi connectivity index (χ1v) is 7.61. The van der Waals surface area contributed by atoms with Crippen LogP contribution >= 0.6 is 0 Å². The van der Waals surface area contributed by atoms with Crippen LogP contribution in [0.2, 0.25) is 0 Å². The zero-order chi connectivity index (χ0) is 17.2. The number of aryl methyl sites for hydroxylation is 1. The summed E-state index contributed by atoms with van der Waals surface area (Å²) in [5.74, 6) is -0.848. The molecule has 4 heteroatoms. The van der Waals surface area contributed by atoms with Crippen molar-refractivity contribution in [1.29, 1.82) is 0 Å². The van der Waals surface area contributed by atoms with E-state index in [1.807, 2.05) is 38.1 Å². The number of methoxy groups -OCH3 is 1. The van der Waals surface area contributed by atoms with E-state index in [0.29, 0.717) is 0 Å². The number of rotatable bonds is 5. The maximum atomic E-state index is 11.2. The molecule has 0 amide bonds. The van der Waals surface area contributed by atoms with E-state index < -0.39 is 11.4 Å². The summed E-state index contributed by atoms with van der Waals surface area (Å²) in [7, 11) is 1.67. The molecule has 23 heavy (non-hydrogen) atoms. The fourth-order valence-corrected chi connectivity index (χ4v) is 2.31. The fraction of sp³-hybridized carbons (Fsp3) is 0.368. The van der Waals surface area contributed by atoms with E-state index in [1.165, 1.54) is 0 Å². The monoisotopic (exact) mass is 313 g/mol. The van der Waals surface area contributed by atoms with Gasteiger partial charge in [0.05, 0.1) is 22.7 Å². The number of carbonyl (C=O) groups is 1. The van der Waals surface area contributed by atoms with Gasteiger partial charge in [0.1, 0.15) is 0 Å². The highest BCUT2D eigenvalue weighted by Gasteiger charge is 2.23. The summed E-state index contributed by atoms with van der Waals surface area (Å²) in [5.41, 5.74) is 2.93. The van der Waals surface area contributed by atoms with E-state index in [9.17, 15) is 4.79 Å². The molecule has 0 aliphatic heterocycles. The molecule has 1 heterocycles. The number of fused-ring (bicyclic) bond motifs is 1. The number of carboxylic acid groups (broad SMARTS) is 1. The molecule has 1 atom stereocenters. The smallest absolute Gasteiger partial charge is 0.312 e. The Kier molecular flexibility index (Phi) is 4.85. The summed E-state index contributed by atoms with van der Waals surface area (Å²) in [6.45, 7) is 7.35. The first-order chi connectivity index (χ1) is 10.7. The number of hydrogen-bond donors (Lipinski definition) is 1. The molecular weight excluding hydrogens is 290 g/mol. The third-order valence-electron chi connectivity index (χ3n) is 4.05. The minimum absolute atomic E-state index is 0.0652. The maximum absolute atomic E-state index is 11.2. The van der Waals surface area contributed by atoms with Crippen molar-refractivity contribution in [3.8, 4) is 0 Å². The van der Waals surface area contributed by atoms with Crippen molar-refractivity contribution in [2.75, 3.05) is 7.11 Å². The lowest BCUT2D eigenvalue weighted by atomic mass is 9.92. The molecule has 0 saturated carbocycles. The molecule has 1 aromatic heterocycles. The first kappa shape index (κ1) is 17.2. The van der Waals surface area contributed by atoms with Crippen LogP contribution in [-0.2, 0) is 9.53 Å². The van der Waals surface area contributed by atoms with Crippen molar-refractivity contribution >= 4 is 22.9 Å².